The van der Waals surface area contributed by atoms with Gasteiger partial charge < -0.3 is 9.47 Å². The van der Waals surface area contributed by atoms with Gasteiger partial charge in [-0.25, -0.2) is 0 Å². The Morgan fingerprint density at radius 2 is 2.08 bits per heavy atom. The summed E-state index contributed by atoms with van der Waals surface area (Å²) >= 11 is 0. The molecule has 2 saturated heterocycles. The summed E-state index contributed by atoms with van der Waals surface area (Å²) in [5, 5.41) is 0. The normalized spacial score (nSPS) is 42.5. The van der Waals surface area contributed by atoms with Crippen molar-refractivity contribution in [1.29, 1.82) is 0 Å². The van der Waals surface area contributed by atoms with Crippen LogP contribution in [0.5, 0.6) is 0 Å². The molecular formula is C11H20O2. The summed E-state index contributed by atoms with van der Waals surface area (Å²) in [6.45, 7) is 9.28. The van der Waals surface area contributed by atoms with E-state index in [1.54, 1.807) is 0 Å². The molecule has 13 heavy (non-hydrogen) atoms. The Hall–Kier alpha value is -0.0800. The van der Waals surface area contributed by atoms with Gasteiger partial charge in [0.05, 0.1) is 18.8 Å². The monoisotopic (exact) mass is 184 g/mol. The lowest BCUT2D eigenvalue weighted by atomic mass is 9.64. The molecule has 1 saturated carbocycles. The maximum Gasteiger partial charge on any atom is 0.0927 e. The number of fused-ring (bicyclic) bond motifs is 1. The molecule has 3 rings (SSSR count). The van der Waals surface area contributed by atoms with Gasteiger partial charge in [0.15, 0.2) is 0 Å². The third-order valence-electron chi connectivity index (χ3n) is 3.04. The molecule has 0 N–H and O–H groups in total. The van der Waals surface area contributed by atoms with E-state index in [1.807, 2.05) is 0 Å². The summed E-state index contributed by atoms with van der Waals surface area (Å²) in [5.41, 5.74) is 0.602. The molecule has 0 aromatic rings. The number of hydrogen-bond acceptors (Lipinski definition) is 2. The summed E-state index contributed by atoms with van der Waals surface area (Å²) < 4.78 is 11.4. The Morgan fingerprint density at radius 1 is 1.38 bits per heavy atom. The minimum absolute atomic E-state index is 0.115. The van der Waals surface area contributed by atoms with Gasteiger partial charge in [-0.05, 0) is 24.2 Å². The van der Waals surface area contributed by atoms with E-state index in [2.05, 4.69) is 20.8 Å². The zero-order valence-corrected chi connectivity index (χ0v) is 8.93. The summed E-state index contributed by atoms with van der Waals surface area (Å²) in [4.78, 5) is 0. The van der Waals surface area contributed by atoms with Crippen molar-refractivity contribution in [3.63, 3.8) is 0 Å². The third kappa shape index (κ3) is 1.75. The highest BCUT2D eigenvalue weighted by Crippen LogP contribution is 2.57. The Kier molecular flexibility index (Phi) is 2.16. The van der Waals surface area contributed by atoms with Crippen LogP contribution >= 0.6 is 0 Å². The van der Waals surface area contributed by atoms with Gasteiger partial charge in [0.2, 0.25) is 0 Å². The van der Waals surface area contributed by atoms with Crippen LogP contribution in [0.1, 0.15) is 33.6 Å². The highest BCUT2D eigenvalue weighted by Gasteiger charge is 2.59. The first-order valence-electron chi connectivity index (χ1n) is 5.25. The summed E-state index contributed by atoms with van der Waals surface area (Å²) in [7, 11) is 0. The molecular weight excluding hydrogens is 164 g/mol. The third-order valence-corrected chi connectivity index (χ3v) is 3.04. The zero-order valence-electron chi connectivity index (χ0n) is 8.93. The van der Waals surface area contributed by atoms with Gasteiger partial charge in [-0.15, -0.1) is 0 Å². The molecule has 2 heterocycles. The van der Waals surface area contributed by atoms with Crippen LogP contribution in [0.2, 0.25) is 0 Å². The van der Waals surface area contributed by atoms with Crippen LogP contribution in [-0.4, -0.2) is 25.4 Å². The number of hydrogen-bond donors (Lipinski definition) is 0. The molecule has 76 valence electrons. The van der Waals surface area contributed by atoms with Crippen molar-refractivity contribution in [3.8, 4) is 0 Å². The summed E-state index contributed by atoms with van der Waals surface area (Å²) in [5.74, 6) is 0.629. The fourth-order valence-corrected chi connectivity index (χ4v) is 2.66. The van der Waals surface area contributed by atoms with Crippen molar-refractivity contribution >= 4 is 0 Å². The van der Waals surface area contributed by atoms with E-state index < -0.39 is 0 Å². The van der Waals surface area contributed by atoms with E-state index in [0.717, 1.165) is 19.8 Å². The predicted molar refractivity (Wildman–Crippen MR) is 51.7 cm³/mol. The van der Waals surface area contributed by atoms with Gasteiger partial charge in [-0.2, -0.15) is 0 Å². The Bertz CT molecular complexity index is 192. The fourth-order valence-electron chi connectivity index (χ4n) is 2.66. The van der Waals surface area contributed by atoms with Gasteiger partial charge in [-0.3, -0.25) is 0 Å². The molecule has 2 bridgehead atoms. The van der Waals surface area contributed by atoms with Crippen molar-refractivity contribution in [1.82, 2.24) is 0 Å². The Morgan fingerprint density at radius 3 is 2.54 bits per heavy atom. The molecule has 0 atom stereocenters. The van der Waals surface area contributed by atoms with Crippen LogP contribution in [0.25, 0.3) is 0 Å². The van der Waals surface area contributed by atoms with Crippen molar-refractivity contribution < 1.29 is 9.47 Å². The van der Waals surface area contributed by atoms with Crippen LogP contribution in [0, 0.1) is 11.3 Å². The van der Waals surface area contributed by atoms with Crippen molar-refractivity contribution in [2.24, 2.45) is 11.3 Å². The molecule has 2 aliphatic heterocycles. The van der Waals surface area contributed by atoms with Crippen LogP contribution in [0.4, 0.5) is 0 Å². The van der Waals surface area contributed by atoms with Crippen molar-refractivity contribution in [3.05, 3.63) is 0 Å². The average molecular weight is 184 g/mol. The molecule has 0 radical (unpaired) electrons. The van der Waals surface area contributed by atoms with Crippen molar-refractivity contribution in [2.75, 3.05) is 19.8 Å². The second kappa shape index (κ2) is 2.96. The Labute approximate surface area is 80.6 Å². The zero-order chi connectivity index (χ0) is 9.53. The molecule has 0 aromatic carbocycles. The van der Waals surface area contributed by atoms with E-state index in [4.69, 9.17) is 9.47 Å². The highest BCUT2D eigenvalue weighted by molar-refractivity contribution is 5.08. The molecule has 3 aliphatic rings. The second-order valence-electron chi connectivity index (χ2n) is 5.54. The fraction of sp³-hybridized carbons (Fsp3) is 1.00. The van der Waals surface area contributed by atoms with Gasteiger partial charge in [-0.1, -0.05) is 20.8 Å². The quantitative estimate of drug-likeness (QED) is 0.667. The molecule has 0 spiro atoms. The van der Waals surface area contributed by atoms with Crippen LogP contribution in [0.3, 0.4) is 0 Å². The van der Waals surface area contributed by atoms with E-state index in [0.29, 0.717) is 11.3 Å². The van der Waals surface area contributed by atoms with Gasteiger partial charge in [0.1, 0.15) is 0 Å². The van der Waals surface area contributed by atoms with Gasteiger partial charge in [0.25, 0.3) is 0 Å². The second-order valence-corrected chi connectivity index (χ2v) is 5.54. The maximum atomic E-state index is 5.77. The number of ether oxygens (including phenoxy) is 2. The molecule has 2 heteroatoms. The maximum absolute atomic E-state index is 5.77. The largest absolute Gasteiger partial charge is 0.378 e. The highest BCUT2D eigenvalue weighted by atomic mass is 16.6. The van der Waals surface area contributed by atoms with Crippen LogP contribution in [0.15, 0.2) is 0 Å². The van der Waals surface area contributed by atoms with Gasteiger partial charge in [0, 0.05) is 6.61 Å². The van der Waals surface area contributed by atoms with Crippen molar-refractivity contribution in [2.45, 2.75) is 39.2 Å². The average Bonchev–Trinajstić information content (AvgIpc) is 2.40. The standard InChI is InChI=1S/C11H20O2/c1-9(2)4-12-8-11-5-10(3,6-11)7-13-11/h9H,4-8H2,1-3H3. The molecule has 0 amide bonds. The van der Waals surface area contributed by atoms with Crippen LogP contribution in [-0.2, 0) is 9.47 Å². The van der Waals surface area contributed by atoms with E-state index >= 15 is 0 Å². The smallest absolute Gasteiger partial charge is 0.0927 e. The Balaban J connectivity index is 1.72. The molecule has 1 aliphatic carbocycles. The first-order valence-corrected chi connectivity index (χ1v) is 5.25. The minimum Gasteiger partial charge on any atom is -0.378 e. The minimum atomic E-state index is 0.115. The van der Waals surface area contributed by atoms with E-state index in [9.17, 15) is 0 Å². The molecule has 3 fully saturated rings. The molecule has 2 nitrogen and oxygen atoms in total. The lowest BCUT2D eigenvalue weighted by Gasteiger charge is -2.42. The summed E-state index contributed by atoms with van der Waals surface area (Å²) in [6.07, 6.45) is 2.41. The van der Waals surface area contributed by atoms with Gasteiger partial charge >= 0.3 is 0 Å². The van der Waals surface area contributed by atoms with Crippen LogP contribution < -0.4 is 0 Å². The first kappa shape index (κ1) is 9.47. The van der Waals surface area contributed by atoms with E-state index in [1.165, 1.54) is 12.8 Å². The number of rotatable bonds is 4. The SMILES string of the molecule is CC(C)COCC12CC(C)(CO1)C2. The predicted octanol–water partition coefficient (Wildman–Crippen LogP) is 2.23. The lowest BCUT2D eigenvalue weighted by molar-refractivity contribution is -0.0836. The molecule has 0 unspecified atom stereocenters. The summed E-state index contributed by atoms with van der Waals surface area (Å²) in [6, 6.07) is 0. The van der Waals surface area contributed by atoms with E-state index in [-0.39, 0.29) is 5.60 Å². The first-order chi connectivity index (χ1) is 6.04. The topological polar surface area (TPSA) is 18.5 Å². The molecule has 0 aromatic heterocycles. The lowest BCUT2D eigenvalue weighted by Crippen LogP contribution is -2.46.